The van der Waals surface area contributed by atoms with Crippen molar-refractivity contribution in [1.29, 1.82) is 0 Å². The smallest absolute Gasteiger partial charge is 0.379 e. The summed E-state index contributed by atoms with van der Waals surface area (Å²) in [6.45, 7) is 5.82. The summed E-state index contributed by atoms with van der Waals surface area (Å²) in [6, 6.07) is 10.5. The molecule has 0 radical (unpaired) electrons. The molecule has 0 saturated carbocycles. The second kappa shape index (κ2) is 14.3. The highest BCUT2D eigenvalue weighted by atomic mass is 19.4. The van der Waals surface area contributed by atoms with Crippen LogP contribution in [0.3, 0.4) is 0 Å². The topological polar surface area (TPSA) is 85.2 Å². The van der Waals surface area contributed by atoms with Crippen molar-refractivity contribution in [2.45, 2.75) is 63.1 Å². The predicted octanol–water partition coefficient (Wildman–Crippen LogP) is 5.05. The van der Waals surface area contributed by atoms with Crippen molar-refractivity contribution < 1.29 is 32.2 Å². The first-order chi connectivity index (χ1) is 24.1. The number of carbonyl (C=O) groups is 1. The number of anilines is 1. The second-order valence-corrected chi connectivity index (χ2v) is 14.6. The summed E-state index contributed by atoms with van der Waals surface area (Å²) in [7, 11) is 5.26. The number of methoxy groups -OCH3 is 2. The van der Waals surface area contributed by atoms with Crippen LogP contribution < -0.4 is 4.90 Å². The van der Waals surface area contributed by atoms with Crippen molar-refractivity contribution in [3.05, 3.63) is 76.4 Å². The molecule has 3 fully saturated rings. The van der Waals surface area contributed by atoms with Gasteiger partial charge in [0.25, 0.3) is 5.91 Å². The number of halogens is 3. The van der Waals surface area contributed by atoms with E-state index in [0.717, 1.165) is 69.8 Å². The Labute approximate surface area is 291 Å². The lowest BCUT2D eigenvalue weighted by atomic mass is 9.75. The Morgan fingerprint density at radius 1 is 1.04 bits per heavy atom. The van der Waals surface area contributed by atoms with E-state index in [1.165, 1.54) is 11.0 Å². The molecule has 7 rings (SSSR count). The molecule has 50 heavy (non-hydrogen) atoms. The van der Waals surface area contributed by atoms with Gasteiger partial charge in [0.05, 0.1) is 25.3 Å². The molecule has 4 aliphatic rings. The number of hydrogen-bond acceptors (Lipinski definition) is 8. The van der Waals surface area contributed by atoms with Gasteiger partial charge in [0.15, 0.2) is 6.29 Å². The molecule has 0 N–H and O–H groups in total. The molecule has 0 spiro atoms. The number of rotatable bonds is 11. The first-order valence-electron chi connectivity index (χ1n) is 17.6. The minimum absolute atomic E-state index is 0.0431. The third kappa shape index (κ3) is 7.07. The zero-order chi connectivity index (χ0) is 35.0. The molecule has 13 heteroatoms. The first-order valence-corrected chi connectivity index (χ1v) is 17.6. The Kier molecular flexibility index (Phi) is 10.1. The Balaban J connectivity index is 1.05. The lowest BCUT2D eigenvalue weighted by Crippen LogP contribution is -2.49. The van der Waals surface area contributed by atoms with E-state index in [2.05, 4.69) is 20.0 Å². The molecule has 1 atom stereocenters. The molecule has 0 aliphatic carbocycles. The summed E-state index contributed by atoms with van der Waals surface area (Å²) in [5.74, 6) is 1.24. The number of alkyl halides is 3. The fraction of sp³-hybridized carbons (Fsp3) is 0.595. The van der Waals surface area contributed by atoms with Crippen LogP contribution in [0.2, 0.25) is 0 Å². The molecule has 1 amide bonds. The highest BCUT2D eigenvalue weighted by molar-refractivity contribution is 6.10. The Morgan fingerprint density at radius 2 is 1.82 bits per heavy atom. The average Bonchev–Trinajstić information content (AvgIpc) is 3.65. The summed E-state index contributed by atoms with van der Waals surface area (Å²) in [6.07, 6.45) is 1.64. The van der Waals surface area contributed by atoms with E-state index in [0.29, 0.717) is 49.3 Å². The molecule has 2 aromatic carbocycles. The zero-order valence-electron chi connectivity index (χ0n) is 29.1. The fourth-order valence-electron chi connectivity index (χ4n) is 8.47. The molecule has 270 valence electrons. The molecule has 3 saturated heterocycles. The average molecular weight is 697 g/mol. The number of ether oxygens (including phenoxy) is 3. The third-order valence-electron chi connectivity index (χ3n) is 11.2. The van der Waals surface area contributed by atoms with Crippen molar-refractivity contribution in [3.8, 4) is 0 Å². The maximum Gasteiger partial charge on any atom is 0.416 e. The van der Waals surface area contributed by atoms with Crippen molar-refractivity contribution in [1.82, 2.24) is 24.6 Å². The number of fused-ring (bicyclic) bond motifs is 1. The zero-order valence-corrected chi connectivity index (χ0v) is 29.1. The maximum atomic E-state index is 14.6. The van der Waals surface area contributed by atoms with Crippen LogP contribution in [0.5, 0.6) is 0 Å². The minimum Gasteiger partial charge on any atom is -0.379 e. The number of amides is 1. The summed E-state index contributed by atoms with van der Waals surface area (Å²) in [4.78, 5) is 20.2. The second-order valence-electron chi connectivity index (χ2n) is 14.6. The van der Waals surface area contributed by atoms with Gasteiger partial charge in [-0.15, -0.1) is 10.2 Å². The molecule has 1 unspecified atom stereocenters. The van der Waals surface area contributed by atoms with Crippen LogP contribution in [0, 0.1) is 11.8 Å². The van der Waals surface area contributed by atoms with Crippen LogP contribution in [0.1, 0.15) is 64.1 Å². The van der Waals surface area contributed by atoms with Gasteiger partial charge in [0.1, 0.15) is 12.2 Å². The summed E-state index contributed by atoms with van der Waals surface area (Å²) >= 11 is 0. The van der Waals surface area contributed by atoms with Crippen molar-refractivity contribution in [2.75, 3.05) is 65.1 Å². The Bertz CT molecular complexity index is 1660. The number of aryl methyl sites for hydroxylation is 1. The quantitative estimate of drug-likeness (QED) is 0.258. The lowest BCUT2D eigenvalue weighted by molar-refractivity contribution is -0.147. The standard InChI is InChI=1S/C37H47F3N6O4/c1-43-24-41-42-33(43)17-36(22-50-23-36)28-7-4-8-29(16-28)46-21-31-30(34(46)47)14-26(15-32(31)37(38,39)40)20-45-11-5-6-25(19-45)18-44-12-9-27(10-13-44)35(48-2)49-3/h4,7-8,14-16,24-25,27,35H,5-6,9-13,17-23H2,1-3H3. The van der Waals surface area contributed by atoms with Gasteiger partial charge in [-0.1, -0.05) is 12.1 Å². The van der Waals surface area contributed by atoms with E-state index in [1.807, 2.05) is 29.8 Å². The van der Waals surface area contributed by atoms with Crippen molar-refractivity contribution in [2.24, 2.45) is 18.9 Å². The SMILES string of the molecule is COC(OC)C1CCN(CC2CCCN(Cc3cc4c(c(C(F)(F)F)c3)CN(c3cccc(C5(Cc6nncn6C)COC5)c3)C4=O)C2)CC1. The van der Waals surface area contributed by atoms with Crippen LogP contribution in [-0.4, -0.2) is 96.9 Å². The summed E-state index contributed by atoms with van der Waals surface area (Å²) in [5, 5.41) is 8.24. The molecule has 1 aromatic heterocycles. The van der Waals surface area contributed by atoms with E-state index in [4.69, 9.17) is 14.2 Å². The van der Waals surface area contributed by atoms with Gasteiger partial charge >= 0.3 is 6.18 Å². The number of piperidine rings is 2. The van der Waals surface area contributed by atoms with Gasteiger partial charge in [-0.25, -0.2) is 0 Å². The molecule has 5 heterocycles. The molecule has 4 aliphatic heterocycles. The third-order valence-corrected chi connectivity index (χ3v) is 11.2. The monoisotopic (exact) mass is 696 g/mol. The summed E-state index contributed by atoms with van der Waals surface area (Å²) < 4.78 is 62.3. The minimum atomic E-state index is -4.58. The Morgan fingerprint density at radius 3 is 2.48 bits per heavy atom. The molecule has 3 aromatic rings. The van der Waals surface area contributed by atoms with Crippen molar-refractivity contribution in [3.63, 3.8) is 0 Å². The van der Waals surface area contributed by atoms with Gasteiger partial charge < -0.3 is 28.6 Å². The highest BCUT2D eigenvalue weighted by Crippen LogP contribution is 2.42. The number of nitrogens with zero attached hydrogens (tertiary/aromatic N) is 6. The number of hydrogen-bond donors (Lipinski definition) is 0. The molecule has 0 bridgehead atoms. The van der Waals surface area contributed by atoms with Crippen LogP contribution in [0.15, 0.2) is 42.7 Å². The van der Waals surface area contributed by atoms with E-state index < -0.39 is 17.6 Å². The van der Waals surface area contributed by atoms with Gasteiger partial charge in [0, 0.05) is 69.9 Å². The predicted molar refractivity (Wildman–Crippen MR) is 181 cm³/mol. The van der Waals surface area contributed by atoms with Gasteiger partial charge in [0.2, 0.25) is 0 Å². The van der Waals surface area contributed by atoms with Crippen LogP contribution in [-0.2, 0) is 52.4 Å². The summed E-state index contributed by atoms with van der Waals surface area (Å²) in [5.41, 5.74) is 1.18. The first kappa shape index (κ1) is 35.1. The van der Waals surface area contributed by atoms with Crippen LogP contribution >= 0.6 is 0 Å². The van der Waals surface area contributed by atoms with E-state index in [-0.39, 0.29) is 29.4 Å². The number of benzene rings is 2. The number of likely N-dealkylation sites (tertiary alicyclic amines) is 2. The van der Waals surface area contributed by atoms with Gasteiger partial charge in [-0.2, -0.15) is 13.2 Å². The Hall–Kier alpha value is -3.36. The van der Waals surface area contributed by atoms with Crippen LogP contribution in [0.25, 0.3) is 0 Å². The van der Waals surface area contributed by atoms with E-state index >= 15 is 0 Å². The number of aromatic nitrogens is 3. The number of carbonyl (C=O) groups excluding carboxylic acids is 1. The van der Waals surface area contributed by atoms with E-state index in [1.54, 1.807) is 32.7 Å². The van der Waals surface area contributed by atoms with Crippen molar-refractivity contribution >= 4 is 11.6 Å². The largest absolute Gasteiger partial charge is 0.416 e. The van der Waals surface area contributed by atoms with Gasteiger partial charge in [-0.3, -0.25) is 9.69 Å². The maximum absolute atomic E-state index is 14.6. The molecular formula is C37H47F3N6O4. The van der Waals surface area contributed by atoms with Crippen LogP contribution in [0.4, 0.5) is 18.9 Å². The lowest BCUT2D eigenvalue weighted by Gasteiger charge is -2.42. The normalized spacial score (nSPS) is 21.9. The fourth-order valence-corrected chi connectivity index (χ4v) is 8.47. The molecular weight excluding hydrogens is 649 g/mol. The molecule has 10 nitrogen and oxygen atoms in total. The van der Waals surface area contributed by atoms with E-state index in [9.17, 15) is 18.0 Å². The van der Waals surface area contributed by atoms with Gasteiger partial charge in [-0.05, 0) is 92.2 Å². The highest BCUT2D eigenvalue weighted by Gasteiger charge is 2.44.